The number of aromatic hydroxyl groups is 1. The van der Waals surface area contributed by atoms with Crippen LogP contribution < -0.4 is 5.32 Å². The number of halogens is 3. The van der Waals surface area contributed by atoms with E-state index in [2.05, 4.69) is 5.32 Å². The van der Waals surface area contributed by atoms with Crippen molar-refractivity contribution >= 4 is 5.88 Å². The molecule has 7 heteroatoms. The SMILES string of the molecule is CNc1oc(C2CCOC2)c(O)c1-c1ccc(C)c(C(F)(F)F)c1. The van der Waals surface area contributed by atoms with Gasteiger partial charge < -0.3 is 19.6 Å². The fourth-order valence-electron chi connectivity index (χ4n) is 2.98. The van der Waals surface area contributed by atoms with Gasteiger partial charge in [-0.1, -0.05) is 12.1 Å². The maximum absolute atomic E-state index is 13.2. The summed E-state index contributed by atoms with van der Waals surface area (Å²) in [5.41, 5.74) is -0.105. The van der Waals surface area contributed by atoms with Gasteiger partial charge in [0.1, 0.15) is 0 Å². The molecule has 24 heavy (non-hydrogen) atoms. The molecule has 3 rings (SSSR count). The van der Waals surface area contributed by atoms with Crippen molar-refractivity contribution in [1.29, 1.82) is 0 Å². The third-order valence-corrected chi connectivity index (χ3v) is 4.27. The van der Waals surface area contributed by atoms with Crippen LogP contribution in [0.3, 0.4) is 0 Å². The minimum Gasteiger partial charge on any atom is -0.504 e. The number of hydrogen-bond donors (Lipinski definition) is 2. The monoisotopic (exact) mass is 341 g/mol. The van der Waals surface area contributed by atoms with Gasteiger partial charge in [-0.05, 0) is 30.5 Å². The van der Waals surface area contributed by atoms with Crippen molar-refractivity contribution in [1.82, 2.24) is 0 Å². The average Bonchev–Trinajstić information content (AvgIpc) is 3.14. The molecular formula is C17H18F3NO3. The summed E-state index contributed by atoms with van der Waals surface area (Å²) in [5, 5.41) is 13.3. The molecule has 0 radical (unpaired) electrons. The van der Waals surface area contributed by atoms with Crippen LogP contribution in [-0.4, -0.2) is 25.4 Å². The zero-order valence-electron chi connectivity index (χ0n) is 13.3. The lowest BCUT2D eigenvalue weighted by Gasteiger charge is -2.12. The van der Waals surface area contributed by atoms with Crippen LogP contribution in [0.15, 0.2) is 22.6 Å². The number of benzene rings is 1. The smallest absolute Gasteiger partial charge is 0.416 e. The molecule has 2 heterocycles. The minimum atomic E-state index is -4.46. The fourth-order valence-corrected chi connectivity index (χ4v) is 2.98. The van der Waals surface area contributed by atoms with Gasteiger partial charge in [-0.15, -0.1) is 0 Å². The van der Waals surface area contributed by atoms with Gasteiger partial charge in [0.15, 0.2) is 11.5 Å². The highest BCUT2D eigenvalue weighted by molar-refractivity contribution is 5.82. The second-order valence-electron chi connectivity index (χ2n) is 5.86. The molecule has 1 saturated heterocycles. The molecule has 0 aliphatic carbocycles. The first-order chi connectivity index (χ1) is 11.3. The van der Waals surface area contributed by atoms with Crippen LogP contribution in [0.4, 0.5) is 19.1 Å². The Kier molecular flexibility index (Phi) is 4.21. The molecule has 0 bridgehead atoms. The second kappa shape index (κ2) is 6.05. The van der Waals surface area contributed by atoms with E-state index in [0.29, 0.717) is 25.4 Å². The lowest BCUT2D eigenvalue weighted by atomic mass is 9.98. The first-order valence-electron chi connectivity index (χ1n) is 7.62. The van der Waals surface area contributed by atoms with E-state index in [9.17, 15) is 18.3 Å². The van der Waals surface area contributed by atoms with Crippen molar-refractivity contribution in [2.24, 2.45) is 0 Å². The number of furan rings is 1. The number of nitrogens with one attached hydrogen (secondary N) is 1. The van der Waals surface area contributed by atoms with Crippen LogP contribution >= 0.6 is 0 Å². The number of anilines is 1. The minimum absolute atomic E-state index is 0.0987. The van der Waals surface area contributed by atoms with Gasteiger partial charge >= 0.3 is 6.18 Å². The van der Waals surface area contributed by atoms with E-state index in [1.807, 2.05) is 0 Å². The summed E-state index contributed by atoms with van der Waals surface area (Å²) in [6, 6.07) is 3.98. The van der Waals surface area contributed by atoms with Crippen molar-refractivity contribution in [2.45, 2.75) is 25.4 Å². The standard InChI is InChI=1S/C17H18F3NO3/c1-9-3-4-10(7-12(9)17(18,19)20)13-14(22)15(24-16(13)21-2)11-5-6-23-8-11/h3-4,7,11,21-22H,5-6,8H2,1-2H3. The third kappa shape index (κ3) is 2.84. The molecule has 130 valence electrons. The predicted molar refractivity (Wildman–Crippen MR) is 83.3 cm³/mol. The van der Waals surface area contributed by atoms with Crippen LogP contribution in [-0.2, 0) is 10.9 Å². The van der Waals surface area contributed by atoms with E-state index < -0.39 is 11.7 Å². The molecule has 1 fully saturated rings. The quantitative estimate of drug-likeness (QED) is 0.861. The van der Waals surface area contributed by atoms with E-state index in [4.69, 9.17) is 9.15 Å². The van der Waals surface area contributed by atoms with Crippen molar-refractivity contribution in [3.63, 3.8) is 0 Å². The first kappa shape index (κ1) is 16.7. The van der Waals surface area contributed by atoms with Crippen LogP contribution in [0.5, 0.6) is 5.75 Å². The molecule has 1 aromatic heterocycles. The third-order valence-electron chi connectivity index (χ3n) is 4.27. The van der Waals surface area contributed by atoms with E-state index in [-0.39, 0.29) is 34.2 Å². The van der Waals surface area contributed by atoms with Gasteiger partial charge in [0, 0.05) is 19.6 Å². The number of alkyl halides is 3. The number of aryl methyl sites for hydroxylation is 1. The summed E-state index contributed by atoms with van der Waals surface area (Å²) in [6.45, 7) is 2.39. The van der Waals surface area contributed by atoms with Crippen molar-refractivity contribution in [2.75, 3.05) is 25.6 Å². The summed E-state index contributed by atoms with van der Waals surface area (Å²) >= 11 is 0. The molecule has 1 aromatic carbocycles. The van der Waals surface area contributed by atoms with Gasteiger partial charge in [0.25, 0.3) is 0 Å². The van der Waals surface area contributed by atoms with Crippen LogP contribution in [0.2, 0.25) is 0 Å². The Bertz CT molecular complexity index is 746. The maximum atomic E-state index is 13.2. The van der Waals surface area contributed by atoms with E-state index in [1.165, 1.54) is 13.0 Å². The highest BCUT2D eigenvalue weighted by atomic mass is 19.4. The lowest BCUT2D eigenvalue weighted by Crippen LogP contribution is -2.07. The summed E-state index contributed by atoms with van der Waals surface area (Å²) in [5.74, 6) is 0.359. The summed E-state index contributed by atoms with van der Waals surface area (Å²) in [6.07, 6.45) is -3.76. The fraction of sp³-hybridized carbons (Fsp3) is 0.412. The van der Waals surface area contributed by atoms with Crippen molar-refractivity contribution in [3.8, 4) is 16.9 Å². The molecule has 4 nitrogen and oxygen atoms in total. The average molecular weight is 341 g/mol. The molecule has 1 aliphatic heterocycles. The summed E-state index contributed by atoms with van der Waals surface area (Å²) < 4.78 is 50.4. The van der Waals surface area contributed by atoms with Gasteiger partial charge in [0.05, 0.1) is 17.7 Å². The molecular weight excluding hydrogens is 323 g/mol. The van der Waals surface area contributed by atoms with Gasteiger partial charge in [-0.3, -0.25) is 0 Å². The summed E-state index contributed by atoms with van der Waals surface area (Å²) in [7, 11) is 1.59. The summed E-state index contributed by atoms with van der Waals surface area (Å²) in [4.78, 5) is 0. The van der Waals surface area contributed by atoms with Crippen LogP contribution in [0.1, 0.15) is 29.2 Å². The Balaban J connectivity index is 2.12. The Labute approximate surface area is 137 Å². The molecule has 1 aliphatic rings. The lowest BCUT2D eigenvalue weighted by molar-refractivity contribution is -0.138. The Hall–Kier alpha value is -2.15. The van der Waals surface area contributed by atoms with E-state index in [1.54, 1.807) is 13.1 Å². The number of ether oxygens (including phenoxy) is 1. The number of hydrogen-bond acceptors (Lipinski definition) is 4. The van der Waals surface area contributed by atoms with Gasteiger partial charge in [0.2, 0.25) is 5.88 Å². The van der Waals surface area contributed by atoms with E-state index in [0.717, 1.165) is 6.07 Å². The van der Waals surface area contributed by atoms with Gasteiger partial charge in [-0.25, -0.2) is 0 Å². The van der Waals surface area contributed by atoms with E-state index >= 15 is 0 Å². The zero-order chi connectivity index (χ0) is 17.5. The largest absolute Gasteiger partial charge is 0.504 e. The second-order valence-corrected chi connectivity index (χ2v) is 5.86. The number of rotatable bonds is 3. The van der Waals surface area contributed by atoms with Crippen LogP contribution in [0, 0.1) is 6.92 Å². The molecule has 0 amide bonds. The predicted octanol–water partition coefficient (Wildman–Crippen LogP) is 4.53. The highest BCUT2D eigenvalue weighted by Gasteiger charge is 2.34. The molecule has 0 spiro atoms. The highest BCUT2D eigenvalue weighted by Crippen LogP contribution is 2.47. The van der Waals surface area contributed by atoms with Crippen LogP contribution in [0.25, 0.3) is 11.1 Å². The molecule has 1 unspecified atom stereocenters. The Morgan fingerprint density at radius 1 is 1.29 bits per heavy atom. The zero-order valence-corrected chi connectivity index (χ0v) is 13.3. The van der Waals surface area contributed by atoms with Crippen molar-refractivity contribution < 1.29 is 27.4 Å². The maximum Gasteiger partial charge on any atom is 0.416 e. The molecule has 2 N–H and O–H groups in total. The molecule has 0 saturated carbocycles. The first-order valence-corrected chi connectivity index (χ1v) is 7.62. The molecule has 2 aromatic rings. The van der Waals surface area contributed by atoms with Gasteiger partial charge in [-0.2, -0.15) is 13.2 Å². The Morgan fingerprint density at radius 3 is 2.62 bits per heavy atom. The molecule has 1 atom stereocenters. The topological polar surface area (TPSA) is 54.6 Å². The van der Waals surface area contributed by atoms with Crippen molar-refractivity contribution in [3.05, 3.63) is 35.1 Å². The normalized spacial score (nSPS) is 18.1. The Morgan fingerprint density at radius 2 is 2.04 bits per heavy atom.